The van der Waals surface area contributed by atoms with E-state index in [1.807, 2.05) is 0 Å². The minimum atomic E-state index is -0.356. The summed E-state index contributed by atoms with van der Waals surface area (Å²) in [7, 11) is 0. The molecule has 2 amide bonds. The second-order valence-corrected chi connectivity index (χ2v) is 7.85. The molecule has 1 aromatic carbocycles. The number of nitrogens with one attached hydrogen (secondary N) is 1. The Hall–Kier alpha value is -3.55. The third-order valence-electron chi connectivity index (χ3n) is 5.57. The van der Waals surface area contributed by atoms with Crippen molar-refractivity contribution >= 4 is 28.5 Å². The molecular formula is C22H20FN5O2. The van der Waals surface area contributed by atoms with Crippen LogP contribution in [0.2, 0.25) is 0 Å². The second kappa shape index (κ2) is 7.05. The van der Waals surface area contributed by atoms with Crippen LogP contribution in [-0.2, 0) is 4.79 Å². The third kappa shape index (κ3) is 3.34. The number of fused-ring (bicyclic) bond motifs is 1. The van der Waals surface area contributed by atoms with Crippen LogP contribution >= 0.6 is 0 Å². The van der Waals surface area contributed by atoms with Crippen molar-refractivity contribution in [3.63, 3.8) is 0 Å². The molecule has 0 radical (unpaired) electrons. The van der Waals surface area contributed by atoms with Crippen LogP contribution in [0, 0.1) is 11.7 Å². The van der Waals surface area contributed by atoms with Gasteiger partial charge in [-0.25, -0.2) is 14.4 Å². The summed E-state index contributed by atoms with van der Waals surface area (Å²) in [4.78, 5) is 35.2. The van der Waals surface area contributed by atoms with Gasteiger partial charge < -0.3 is 16.0 Å². The zero-order valence-electron chi connectivity index (χ0n) is 16.1. The average Bonchev–Trinajstić information content (AvgIpc) is 3.55. The second-order valence-electron chi connectivity index (χ2n) is 7.85. The lowest BCUT2D eigenvalue weighted by Gasteiger charge is -2.39. The number of hydrogen-bond donors (Lipinski definition) is 2. The maximum Gasteiger partial charge on any atom is 0.256 e. The first-order valence-electron chi connectivity index (χ1n) is 9.90. The Bertz CT molecular complexity index is 1170. The number of pyridine rings is 2. The quantitative estimate of drug-likeness (QED) is 0.694. The lowest BCUT2D eigenvalue weighted by atomic mass is 10.0. The minimum absolute atomic E-state index is 0.00670. The van der Waals surface area contributed by atoms with Crippen molar-refractivity contribution < 1.29 is 14.0 Å². The minimum Gasteiger partial charge on any atom is -0.382 e. The Morgan fingerprint density at radius 2 is 1.97 bits per heavy atom. The zero-order valence-corrected chi connectivity index (χ0v) is 16.1. The van der Waals surface area contributed by atoms with E-state index < -0.39 is 0 Å². The van der Waals surface area contributed by atoms with Crippen LogP contribution in [0.15, 0.2) is 42.6 Å². The van der Waals surface area contributed by atoms with Crippen LogP contribution in [-0.4, -0.2) is 45.8 Å². The maximum absolute atomic E-state index is 13.6. The smallest absolute Gasteiger partial charge is 0.256 e. The number of carbonyl (C=O) groups is 2. The normalized spacial score (nSPS) is 16.4. The first-order chi connectivity index (χ1) is 14.5. The molecular weight excluding hydrogens is 385 g/mol. The molecule has 1 saturated carbocycles. The number of halogens is 1. The van der Waals surface area contributed by atoms with Gasteiger partial charge in [0.2, 0.25) is 5.91 Å². The van der Waals surface area contributed by atoms with Gasteiger partial charge in [-0.3, -0.25) is 9.59 Å². The van der Waals surface area contributed by atoms with Crippen LogP contribution in [0.1, 0.15) is 23.2 Å². The van der Waals surface area contributed by atoms with Gasteiger partial charge in [-0.05, 0) is 37.1 Å². The molecule has 3 N–H and O–H groups in total. The van der Waals surface area contributed by atoms with Crippen molar-refractivity contribution in [1.82, 2.24) is 20.2 Å². The molecule has 2 fully saturated rings. The highest BCUT2D eigenvalue weighted by Gasteiger charge is 2.37. The van der Waals surface area contributed by atoms with Gasteiger partial charge in [0.15, 0.2) is 0 Å². The van der Waals surface area contributed by atoms with Crippen molar-refractivity contribution in [3.8, 4) is 11.3 Å². The highest BCUT2D eigenvalue weighted by Crippen LogP contribution is 2.30. The topological polar surface area (TPSA) is 101 Å². The summed E-state index contributed by atoms with van der Waals surface area (Å²) >= 11 is 0. The van der Waals surface area contributed by atoms with Gasteiger partial charge in [-0.1, -0.05) is 12.1 Å². The Balaban J connectivity index is 1.39. The van der Waals surface area contributed by atoms with Gasteiger partial charge in [0.05, 0.1) is 17.3 Å². The first-order valence-corrected chi connectivity index (χ1v) is 9.90. The number of aromatic nitrogens is 2. The highest BCUT2D eigenvalue weighted by atomic mass is 19.1. The van der Waals surface area contributed by atoms with Gasteiger partial charge in [0, 0.05) is 36.2 Å². The zero-order chi connectivity index (χ0) is 20.8. The van der Waals surface area contributed by atoms with Crippen LogP contribution in [0.4, 0.5) is 10.2 Å². The maximum atomic E-state index is 13.6. The molecule has 30 heavy (non-hydrogen) atoms. The number of carbonyl (C=O) groups excluding carboxylic acids is 2. The number of nitrogens with two attached hydrogens (primary N) is 1. The van der Waals surface area contributed by atoms with Crippen molar-refractivity contribution in [2.75, 3.05) is 18.8 Å². The van der Waals surface area contributed by atoms with Crippen LogP contribution < -0.4 is 11.1 Å². The number of rotatable bonds is 4. The Morgan fingerprint density at radius 3 is 2.70 bits per heavy atom. The molecule has 0 bridgehead atoms. The number of anilines is 1. The van der Waals surface area contributed by atoms with E-state index in [0.717, 1.165) is 12.8 Å². The summed E-state index contributed by atoms with van der Waals surface area (Å²) in [5.41, 5.74) is 7.99. The molecule has 1 aliphatic heterocycles. The average molecular weight is 405 g/mol. The van der Waals surface area contributed by atoms with Crippen LogP contribution in [0.3, 0.4) is 0 Å². The van der Waals surface area contributed by atoms with Gasteiger partial charge in [-0.15, -0.1) is 0 Å². The van der Waals surface area contributed by atoms with Gasteiger partial charge >= 0.3 is 0 Å². The summed E-state index contributed by atoms with van der Waals surface area (Å²) in [6.45, 7) is 0.940. The van der Waals surface area contributed by atoms with Gasteiger partial charge in [-0.2, -0.15) is 0 Å². The van der Waals surface area contributed by atoms with Crippen molar-refractivity contribution in [2.45, 2.75) is 18.9 Å². The molecule has 1 aliphatic carbocycles. The van der Waals surface area contributed by atoms with E-state index in [4.69, 9.17) is 5.73 Å². The molecule has 3 heterocycles. The molecule has 7 nitrogen and oxygen atoms in total. The number of likely N-dealkylation sites (tertiary alicyclic amines) is 1. The number of hydrogen-bond acceptors (Lipinski definition) is 5. The van der Waals surface area contributed by atoms with E-state index in [9.17, 15) is 14.0 Å². The SMILES string of the molecule is Nc1ncc(C(=O)N2CC(NC(=O)C3CC3)C2)c2ccc(-c3cccc(F)c3)nc12. The number of nitrogen functional groups attached to an aromatic ring is 1. The third-order valence-corrected chi connectivity index (χ3v) is 5.57. The first kappa shape index (κ1) is 18.5. The van der Waals surface area contributed by atoms with E-state index >= 15 is 0 Å². The molecule has 152 valence electrons. The lowest BCUT2D eigenvalue weighted by molar-refractivity contribution is -0.123. The van der Waals surface area contributed by atoms with Gasteiger partial charge in [0.25, 0.3) is 5.91 Å². The summed E-state index contributed by atoms with van der Waals surface area (Å²) in [6, 6.07) is 9.62. The van der Waals surface area contributed by atoms with Crippen molar-refractivity contribution in [2.24, 2.45) is 5.92 Å². The van der Waals surface area contributed by atoms with Crippen LogP contribution in [0.25, 0.3) is 22.2 Å². The van der Waals surface area contributed by atoms with E-state index in [2.05, 4.69) is 15.3 Å². The fourth-order valence-corrected chi connectivity index (χ4v) is 3.69. The van der Waals surface area contributed by atoms with Crippen molar-refractivity contribution in [1.29, 1.82) is 0 Å². The molecule has 0 atom stereocenters. The highest BCUT2D eigenvalue weighted by molar-refractivity contribution is 6.08. The Kier molecular flexibility index (Phi) is 4.34. The summed E-state index contributed by atoms with van der Waals surface area (Å²) in [5, 5.41) is 3.58. The Morgan fingerprint density at radius 1 is 1.17 bits per heavy atom. The van der Waals surface area contributed by atoms with Gasteiger partial charge in [0.1, 0.15) is 17.2 Å². The monoisotopic (exact) mass is 405 g/mol. The predicted molar refractivity (Wildman–Crippen MR) is 110 cm³/mol. The number of amides is 2. The molecule has 0 spiro atoms. The van der Waals surface area contributed by atoms with E-state index in [0.29, 0.717) is 40.8 Å². The molecule has 2 aromatic heterocycles. The van der Waals surface area contributed by atoms with E-state index in [1.54, 1.807) is 29.2 Å². The largest absolute Gasteiger partial charge is 0.382 e. The fourth-order valence-electron chi connectivity index (χ4n) is 3.69. The summed E-state index contributed by atoms with van der Waals surface area (Å²) < 4.78 is 13.6. The van der Waals surface area contributed by atoms with E-state index in [1.165, 1.54) is 18.3 Å². The number of nitrogens with zero attached hydrogens (tertiary/aromatic N) is 3. The number of benzene rings is 1. The fraction of sp³-hybridized carbons (Fsp3) is 0.273. The predicted octanol–water partition coefficient (Wildman–Crippen LogP) is 2.37. The molecule has 5 rings (SSSR count). The molecule has 1 saturated heterocycles. The van der Waals surface area contributed by atoms with Crippen molar-refractivity contribution in [3.05, 3.63) is 54.0 Å². The molecule has 2 aliphatic rings. The molecule has 8 heteroatoms. The summed E-state index contributed by atoms with van der Waals surface area (Å²) in [6.07, 6.45) is 3.36. The molecule has 3 aromatic rings. The standard InChI is InChI=1S/C22H20FN5O2/c23-14-3-1-2-13(8-14)18-7-6-16-17(9-25-20(24)19(16)27-18)22(30)28-10-15(11-28)26-21(29)12-4-5-12/h1-3,6-9,12,15H,4-5,10-11H2,(H2,24,25)(H,26,29). The lowest BCUT2D eigenvalue weighted by Crippen LogP contribution is -2.61. The molecule has 0 unspecified atom stereocenters. The van der Waals surface area contributed by atoms with Crippen LogP contribution in [0.5, 0.6) is 0 Å². The Labute approximate surface area is 172 Å². The summed E-state index contributed by atoms with van der Waals surface area (Å²) in [5.74, 6) is -0.0904. The van der Waals surface area contributed by atoms with E-state index in [-0.39, 0.29) is 35.4 Å².